The van der Waals surface area contributed by atoms with E-state index < -0.39 is 5.91 Å². The number of aromatic nitrogens is 2. The molecular formula is C21H23N5O2S2. The number of nitrogens with one attached hydrogen (secondary N) is 2. The topological polar surface area (TPSA) is 110 Å². The second kappa shape index (κ2) is 9.01. The van der Waals surface area contributed by atoms with Crippen molar-refractivity contribution >= 4 is 56.6 Å². The van der Waals surface area contributed by atoms with Crippen LogP contribution in [0.15, 0.2) is 29.4 Å². The standard InChI is InChI=1S/C21H23N5O2S2/c1-2-23-19-12-7-3-5-9-14(12)24-21(26-19)29-11-16(27)25-20-17(18(22)28)13-8-4-6-10-15(13)30-20/h3,5,7,9H,2,4,6,8,10-11H2,1H3,(H2,22,28)(H,25,27)(H,23,24,26). The molecule has 1 aliphatic carbocycles. The van der Waals surface area contributed by atoms with Gasteiger partial charge in [-0.25, -0.2) is 9.97 Å². The number of nitrogens with two attached hydrogens (primary N) is 1. The monoisotopic (exact) mass is 441 g/mol. The fraction of sp³-hybridized carbons (Fsp3) is 0.333. The lowest BCUT2D eigenvalue weighted by Gasteiger charge is -2.11. The summed E-state index contributed by atoms with van der Waals surface area (Å²) < 4.78 is 0. The maximum Gasteiger partial charge on any atom is 0.251 e. The summed E-state index contributed by atoms with van der Waals surface area (Å²) in [7, 11) is 0. The smallest absolute Gasteiger partial charge is 0.251 e. The van der Waals surface area contributed by atoms with Crippen LogP contribution in [0.4, 0.5) is 10.8 Å². The highest BCUT2D eigenvalue weighted by Crippen LogP contribution is 2.38. The van der Waals surface area contributed by atoms with Crippen LogP contribution < -0.4 is 16.4 Å². The summed E-state index contributed by atoms with van der Waals surface area (Å²) in [6.45, 7) is 2.75. The summed E-state index contributed by atoms with van der Waals surface area (Å²) in [5, 5.41) is 8.17. The second-order valence-corrected chi connectivity index (χ2v) is 9.07. The Morgan fingerprint density at radius 2 is 2.00 bits per heavy atom. The van der Waals surface area contributed by atoms with E-state index in [9.17, 15) is 9.59 Å². The van der Waals surface area contributed by atoms with E-state index in [1.807, 2.05) is 31.2 Å². The molecule has 156 valence electrons. The molecule has 0 fully saturated rings. The van der Waals surface area contributed by atoms with Crippen molar-refractivity contribution < 1.29 is 9.59 Å². The van der Waals surface area contributed by atoms with Crippen molar-refractivity contribution in [1.29, 1.82) is 0 Å². The number of aryl methyl sites for hydroxylation is 1. The molecule has 0 aliphatic heterocycles. The van der Waals surface area contributed by atoms with Crippen molar-refractivity contribution in [2.24, 2.45) is 5.73 Å². The maximum absolute atomic E-state index is 12.6. The molecule has 30 heavy (non-hydrogen) atoms. The van der Waals surface area contributed by atoms with Crippen LogP contribution in [0.2, 0.25) is 0 Å². The number of anilines is 2. The molecule has 1 aromatic carbocycles. The highest BCUT2D eigenvalue weighted by atomic mass is 32.2. The van der Waals surface area contributed by atoms with E-state index >= 15 is 0 Å². The molecule has 7 nitrogen and oxygen atoms in total. The van der Waals surface area contributed by atoms with Gasteiger partial charge >= 0.3 is 0 Å². The number of para-hydroxylation sites is 1. The van der Waals surface area contributed by atoms with E-state index in [1.54, 1.807) is 0 Å². The number of thioether (sulfide) groups is 1. The van der Waals surface area contributed by atoms with Gasteiger partial charge in [-0.1, -0.05) is 23.9 Å². The summed E-state index contributed by atoms with van der Waals surface area (Å²) in [5.74, 6) is 0.214. The van der Waals surface area contributed by atoms with Crippen molar-refractivity contribution in [3.05, 3.63) is 40.3 Å². The average molecular weight is 442 g/mol. The molecule has 0 unspecified atom stereocenters. The molecular weight excluding hydrogens is 418 g/mol. The molecule has 0 bridgehead atoms. The minimum atomic E-state index is -0.481. The van der Waals surface area contributed by atoms with E-state index in [0.29, 0.717) is 15.7 Å². The Morgan fingerprint density at radius 1 is 1.20 bits per heavy atom. The van der Waals surface area contributed by atoms with Gasteiger partial charge in [0, 0.05) is 16.8 Å². The fourth-order valence-corrected chi connectivity index (χ4v) is 5.59. The van der Waals surface area contributed by atoms with Crippen molar-refractivity contribution in [1.82, 2.24) is 9.97 Å². The first-order valence-corrected chi connectivity index (χ1v) is 11.7. The van der Waals surface area contributed by atoms with Gasteiger partial charge in [-0.15, -0.1) is 11.3 Å². The van der Waals surface area contributed by atoms with Crippen molar-refractivity contribution in [2.45, 2.75) is 37.8 Å². The number of rotatable bonds is 7. The fourth-order valence-electron chi connectivity index (χ4n) is 3.63. The van der Waals surface area contributed by atoms with Gasteiger partial charge in [0.2, 0.25) is 5.91 Å². The molecule has 4 N–H and O–H groups in total. The summed E-state index contributed by atoms with van der Waals surface area (Å²) in [4.78, 5) is 34.9. The van der Waals surface area contributed by atoms with Crippen LogP contribution in [0.5, 0.6) is 0 Å². The Kier molecular flexibility index (Phi) is 6.19. The van der Waals surface area contributed by atoms with Gasteiger partial charge in [-0.2, -0.15) is 0 Å². The molecule has 0 radical (unpaired) electrons. The maximum atomic E-state index is 12.6. The SMILES string of the molecule is CCNc1nc(SCC(=O)Nc2sc3c(c2C(N)=O)CCCC3)nc2ccccc12. The number of hydrogen-bond acceptors (Lipinski definition) is 7. The van der Waals surface area contributed by atoms with Crippen LogP contribution >= 0.6 is 23.1 Å². The Morgan fingerprint density at radius 3 is 2.80 bits per heavy atom. The van der Waals surface area contributed by atoms with Gasteiger partial charge < -0.3 is 16.4 Å². The first kappa shape index (κ1) is 20.6. The zero-order valence-electron chi connectivity index (χ0n) is 16.7. The summed E-state index contributed by atoms with van der Waals surface area (Å²) in [6, 6.07) is 7.77. The van der Waals surface area contributed by atoms with Gasteiger partial charge in [-0.3, -0.25) is 9.59 Å². The Hall–Kier alpha value is -2.65. The molecule has 2 aromatic heterocycles. The minimum absolute atomic E-state index is 0.144. The van der Waals surface area contributed by atoms with Crippen molar-refractivity contribution in [2.75, 3.05) is 22.9 Å². The number of nitrogens with zero attached hydrogens (tertiary/aromatic N) is 2. The molecule has 0 saturated carbocycles. The molecule has 0 spiro atoms. The molecule has 0 atom stereocenters. The third-order valence-electron chi connectivity index (χ3n) is 4.93. The Bertz CT molecular complexity index is 1110. The van der Waals surface area contributed by atoms with E-state index in [0.717, 1.165) is 59.4 Å². The lowest BCUT2D eigenvalue weighted by molar-refractivity contribution is -0.113. The average Bonchev–Trinajstić information content (AvgIpc) is 3.10. The Labute approximate surface area is 182 Å². The number of carbonyl (C=O) groups excluding carboxylic acids is 2. The van der Waals surface area contributed by atoms with Crippen LogP contribution in [-0.4, -0.2) is 34.1 Å². The molecule has 0 saturated heterocycles. The quantitative estimate of drug-likeness (QED) is 0.380. The second-order valence-electron chi connectivity index (χ2n) is 7.02. The highest BCUT2D eigenvalue weighted by Gasteiger charge is 2.25. The predicted molar refractivity (Wildman–Crippen MR) is 123 cm³/mol. The highest BCUT2D eigenvalue weighted by molar-refractivity contribution is 7.99. The van der Waals surface area contributed by atoms with Crippen LogP contribution in [0.1, 0.15) is 40.6 Å². The van der Waals surface area contributed by atoms with Crippen molar-refractivity contribution in [3.8, 4) is 0 Å². The lowest BCUT2D eigenvalue weighted by Crippen LogP contribution is -2.19. The number of primary amides is 1. The lowest BCUT2D eigenvalue weighted by atomic mass is 9.95. The molecule has 1 aliphatic rings. The van der Waals surface area contributed by atoms with Crippen molar-refractivity contribution in [3.63, 3.8) is 0 Å². The number of fused-ring (bicyclic) bond motifs is 2. The largest absolute Gasteiger partial charge is 0.370 e. The van der Waals surface area contributed by atoms with Gasteiger partial charge in [0.05, 0.1) is 16.8 Å². The number of carbonyl (C=O) groups is 2. The summed E-state index contributed by atoms with van der Waals surface area (Å²) in [6.07, 6.45) is 3.92. The van der Waals surface area contributed by atoms with E-state index in [1.165, 1.54) is 23.1 Å². The number of amides is 2. The zero-order chi connectivity index (χ0) is 21.1. The normalized spacial score (nSPS) is 13.1. The number of benzene rings is 1. The Balaban J connectivity index is 1.49. The van der Waals surface area contributed by atoms with Gasteiger partial charge in [0.25, 0.3) is 5.91 Å². The number of hydrogen-bond donors (Lipinski definition) is 3. The van der Waals surface area contributed by atoms with Gasteiger partial charge in [0.15, 0.2) is 5.16 Å². The van der Waals surface area contributed by atoms with E-state index in [2.05, 4.69) is 20.6 Å². The van der Waals surface area contributed by atoms with Crippen LogP contribution in [0.3, 0.4) is 0 Å². The summed E-state index contributed by atoms with van der Waals surface area (Å²) in [5.41, 5.74) is 7.92. The van der Waals surface area contributed by atoms with Crippen LogP contribution in [0.25, 0.3) is 10.9 Å². The third-order valence-corrected chi connectivity index (χ3v) is 6.98. The van der Waals surface area contributed by atoms with Gasteiger partial charge in [0.1, 0.15) is 10.8 Å². The van der Waals surface area contributed by atoms with Gasteiger partial charge in [-0.05, 0) is 50.3 Å². The molecule has 3 aromatic rings. The number of thiophene rings is 1. The molecule has 4 rings (SSSR count). The zero-order valence-corrected chi connectivity index (χ0v) is 18.3. The molecule has 9 heteroatoms. The first-order valence-electron chi connectivity index (χ1n) is 9.94. The summed E-state index contributed by atoms with van der Waals surface area (Å²) >= 11 is 2.73. The molecule has 2 heterocycles. The van der Waals surface area contributed by atoms with Crippen LogP contribution in [-0.2, 0) is 17.6 Å². The predicted octanol–water partition coefficient (Wildman–Crippen LogP) is 3.83. The third kappa shape index (κ3) is 4.27. The first-order chi connectivity index (χ1) is 14.6. The van der Waals surface area contributed by atoms with E-state index in [-0.39, 0.29) is 11.7 Å². The minimum Gasteiger partial charge on any atom is -0.370 e. The van der Waals surface area contributed by atoms with Crippen LogP contribution in [0, 0.1) is 0 Å². The van der Waals surface area contributed by atoms with E-state index in [4.69, 9.17) is 5.73 Å². The molecule has 2 amide bonds.